The van der Waals surface area contributed by atoms with Crippen LogP contribution in [0.15, 0.2) is 65.8 Å². The second-order valence-electron chi connectivity index (χ2n) is 5.16. The standard InChI is InChI=1S/C18H14N2O4/c21-19-11-17-16-4-2-1-3-14(16)7-10-18(17)24-12-13-5-8-15(9-6-13)20(22)23/h1-11,21H,12H2. The molecule has 0 fully saturated rings. The molecule has 0 radical (unpaired) electrons. The lowest BCUT2D eigenvalue weighted by molar-refractivity contribution is -0.384. The molecule has 0 heterocycles. The normalized spacial score (nSPS) is 11.0. The highest BCUT2D eigenvalue weighted by Crippen LogP contribution is 2.27. The summed E-state index contributed by atoms with van der Waals surface area (Å²) in [4.78, 5) is 10.2. The number of fused-ring (bicyclic) bond motifs is 1. The molecule has 0 bridgehead atoms. The van der Waals surface area contributed by atoms with Crippen LogP contribution in [0.2, 0.25) is 0 Å². The summed E-state index contributed by atoms with van der Waals surface area (Å²) in [5.41, 5.74) is 1.52. The lowest BCUT2D eigenvalue weighted by atomic mass is 10.0. The zero-order valence-electron chi connectivity index (χ0n) is 12.6. The maximum absolute atomic E-state index is 10.7. The molecule has 0 saturated heterocycles. The van der Waals surface area contributed by atoms with Gasteiger partial charge in [-0.3, -0.25) is 10.1 Å². The molecule has 0 aliphatic rings. The van der Waals surface area contributed by atoms with Gasteiger partial charge in [0.05, 0.1) is 11.1 Å². The molecular formula is C18H14N2O4. The van der Waals surface area contributed by atoms with Crippen molar-refractivity contribution in [1.29, 1.82) is 0 Å². The zero-order valence-corrected chi connectivity index (χ0v) is 12.6. The van der Waals surface area contributed by atoms with Crippen LogP contribution in [-0.2, 0) is 6.61 Å². The Hall–Kier alpha value is -3.41. The van der Waals surface area contributed by atoms with Crippen LogP contribution in [0.5, 0.6) is 5.75 Å². The van der Waals surface area contributed by atoms with E-state index in [9.17, 15) is 10.1 Å². The van der Waals surface area contributed by atoms with Crippen molar-refractivity contribution in [2.24, 2.45) is 5.16 Å². The molecule has 24 heavy (non-hydrogen) atoms. The largest absolute Gasteiger partial charge is 0.488 e. The van der Waals surface area contributed by atoms with Crippen molar-refractivity contribution in [2.75, 3.05) is 0 Å². The zero-order chi connectivity index (χ0) is 16.9. The van der Waals surface area contributed by atoms with Gasteiger partial charge in [-0.05, 0) is 34.5 Å². The van der Waals surface area contributed by atoms with Crippen LogP contribution in [-0.4, -0.2) is 16.3 Å². The molecule has 0 aliphatic carbocycles. The van der Waals surface area contributed by atoms with Gasteiger partial charge in [-0.2, -0.15) is 0 Å². The molecule has 0 saturated carbocycles. The van der Waals surface area contributed by atoms with Gasteiger partial charge in [-0.25, -0.2) is 0 Å². The van der Waals surface area contributed by atoms with Gasteiger partial charge < -0.3 is 9.94 Å². The van der Waals surface area contributed by atoms with E-state index in [4.69, 9.17) is 9.94 Å². The molecule has 1 N–H and O–H groups in total. The van der Waals surface area contributed by atoms with Crippen LogP contribution in [0.4, 0.5) is 5.69 Å². The number of benzene rings is 3. The van der Waals surface area contributed by atoms with Gasteiger partial charge in [0, 0.05) is 17.7 Å². The summed E-state index contributed by atoms with van der Waals surface area (Å²) < 4.78 is 5.81. The van der Waals surface area contributed by atoms with Crippen LogP contribution in [0.25, 0.3) is 10.8 Å². The van der Waals surface area contributed by atoms with E-state index in [0.717, 1.165) is 16.3 Å². The first-order chi connectivity index (χ1) is 11.7. The summed E-state index contributed by atoms with van der Waals surface area (Å²) in [6, 6.07) is 17.6. The maximum atomic E-state index is 10.7. The minimum atomic E-state index is -0.441. The summed E-state index contributed by atoms with van der Waals surface area (Å²) >= 11 is 0. The predicted octanol–water partition coefficient (Wildman–Crippen LogP) is 4.14. The Kier molecular flexibility index (Phi) is 4.38. The summed E-state index contributed by atoms with van der Waals surface area (Å²) in [5, 5.41) is 24.6. The highest BCUT2D eigenvalue weighted by molar-refractivity contribution is 6.02. The average molecular weight is 322 g/mol. The summed E-state index contributed by atoms with van der Waals surface area (Å²) in [7, 11) is 0. The number of rotatable bonds is 5. The minimum Gasteiger partial charge on any atom is -0.488 e. The van der Waals surface area contributed by atoms with Crippen molar-refractivity contribution in [2.45, 2.75) is 6.61 Å². The van der Waals surface area contributed by atoms with E-state index < -0.39 is 4.92 Å². The first-order valence-corrected chi connectivity index (χ1v) is 7.24. The molecule has 3 aromatic carbocycles. The molecular weight excluding hydrogens is 308 g/mol. The molecule has 3 rings (SSSR count). The third-order valence-corrected chi connectivity index (χ3v) is 3.66. The van der Waals surface area contributed by atoms with E-state index in [1.807, 2.05) is 36.4 Å². The molecule has 0 aliphatic heterocycles. The van der Waals surface area contributed by atoms with E-state index in [2.05, 4.69) is 5.16 Å². The molecule has 120 valence electrons. The fraction of sp³-hybridized carbons (Fsp3) is 0.0556. The van der Waals surface area contributed by atoms with Gasteiger partial charge >= 0.3 is 0 Å². The highest BCUT2D eigenvalue weighted by atomic mass is 16.6. The third kappa shape index (κ3) is 3.17. The Labute approximate surface area is 137 Å². The first kappa shape index (κ1) is 15.5. The second kappa shape index (κ2) is 6.78. The predicted molar refractivity (Wildman–Crippen MR) is 90.8 cm³/mol. The third-order valence-electron chi connectivity index (χ3n) is 3.66. The molecule has 0 unspecified atom stereocenters. The molecule has 6 heteroatoms. The Balaban J connectivity index is 1.87. The highest BCUT2D eigenvalue weighted by Gasteiger charge is 2.09. The SMILES string of the molecule is O=[N+]([O-])c1ccc(COc2ccc3ccccc3c2C=NO)cc1. The smallest absolute Gasteiger partial charge is 0.269 e. The van der Waals surface area contributed by atoms with Gasteiger partial charge in [-0.15, -0.1) is 0 Å². The number of nitro benzene ring substituents is 1. The van der Waals surface area contributed by atoms with Gasteiger partial charge in [0.15, 0.2) is 0 Å². The summed E-state index contributed by atoms with van der Waals surface area (Å²) in [5.74, 6) is 0.574. The Bertz CT molecular complexity index is 905. The van der Waals surface area contributed by atoms with Crippen LogP contribution in [0.1, 0.15) is 11.1 Å². The molecule has 3 aromatic rings. The van der Waals surface area contributed by atoms with Crippen molar-refractivity contribution < 1.29 is 14.9 Å². The second-order valence-corrected chi connectivity index (χ2v) is 5.16. The van der Waals surface area contributed by atoms with Crippen LogP contribution < -0.4 is 4.74 Å². The van der Waals surface area contributed by atoms with Gasteiger partial charge in [0.25, 0.3) is 5.69 Å². The quantitative estimate of drug-likeness (QED) is 0.331. The van der Waals surface area contributed by atoms with E-state index in [-0.39, 0.29) is 12.3 Å². The van der Waals surface area contributed by atoms with E-state index >= 15 is 0 Å². The number of oxime groups is 1. The van der Waals surface area contributed by atoms with Crippen LogP contribution in [0.3, 0.4) is 0 Å². The average Bonchev–Trinajstić information content (AvgIpc) is 2.61. The number of nitro groups is 1. The molecule has 0 amide bonds. The summed E-state index contributed by atoms with van der Waals surface area (Å²) in [6.45, 7) is 0.253. The van der Waals surface area contributed by atoms with Crippen molar-refractivity contribution in [3.05, 3.63) is 81.9 Å². The lowest BCUT2D eigenvalue weighted by Crippen LogP contribution is -1.99. The molecule has 0 spiro atoms. The fourth-order valence-electron chi connectivity index (χ4n) is 2.47. The van der Waals surface area contributed by atoms with E-state index in [0.29, 0.717) is 11.3 Å². The van der Waals surface area contributed by atoms with Gasteiger partial charge in [-0.1, -0.05) is 35.5 Å². The molecule has 0 aromatic heterocycles. The monoisotopic (exact) mass is 322 g/mol. The topological polar surface area (TPSA) is 85.0 Å². The Morgan fingerprint density at radius 2 is 1.83 bits per heavy atom. The fourth-order valence-corrected chi connectivity index (χ4v) is 2.47. The van der Waals surface area contributed by atoms with Crippen molar-refractivity contribution in [3.63, 3.8) is 0 Å². The van der Waals surface area contributed by atoms with Crippen LogP contribution >= 0.6 is 0 Å². The van der Waals surface area contributed by atoms with Crippen LogP contribution in [0, 0.1) is 10.1 Å². The number of ether oxygens (including phenoxy) is 1. The number of hydrogen-bond acceptors (Lipinski definition) is 5. The van der Waals surface area contributed by atoms with Crippen molar-refractivity contribution in [1.82, 2.24) is 0 Å². The maximum Gasteiger partial charge on any atom is 0.269 e. The van der Waals surface area contributed by atoms with Crippen molar-refractivity contribution in [3.8, 4) is 5.75 Å². The number of nitrogens with zero attached hydrogens (tertiary/aromatic N) is 2. The van der Waals surface area contributed by atoms with Gasteiger partial charge in [0.1, 0.15) is 12.4 Å². The summed E-state index contributed by atoms with van der Waals surface area (Å²) in [6.07, 6.45) is 1.34. The number of non-ortho nitro benzene ring substituents is 1. The minimum absolute atomic E-state index is 0.0394. The van der Waals surface area contributed by atoms with Crippen molar-refractivity contribution >= 4 is 22.7 Å². The van der Waals surface area contributed by atoms with E-state index in [1.165, 1.54) is 18.3 Å². The van der Waals surface area contributed by atoms with E-state index in [1.54, 1.807) is 12.1 Å². The number of hydrogen-bond donors (Lipinski definition) is 1. The molecule has 0 atom stereocenters. The molecule has 6 nitrogen and oxygen atoms in total. The lowest BCUT2D eigenvalue weighted by Gasteiger charge is -2.11. The first-order valence-electron chi connectivity index (χ1n) is 7.24. The Morgan fingerprint density at radius 3 is 2.54 bits per heavy atom. The van der Waals surface area contributed by atoms with Gasteiger partial charge in [0.2, 0.25) is 0 Å². The Morgan fingerprint density at radius 1 is 1.08 bits per heavy atom.